The summed E-state index contributed by atoms with van der Waals surface area (Å²) in [5, 5.41) is 13.3. The average molecular weight is 650 g/mol. The molecule has 0 aliphatic rings. The Balaban J connectivity index is 1.52. The van der Waals surface area contributed by atoms with Gasteiger partial charge in [-0.2, -0.15) is 9.61 Å². The fourth-order valence-electron chi connectivity index (χ4n) is 5.24. The van der Waals surface area contributed by atoms with Crippen LogP contribution in [-0.2, 0) is 11.5 Å². The third-order valence-corrected chi connectivity index (χ3v) is 9.38. The summed E-state index contributed by atoms with van der Waals surface area (Å²) in [6, 6.07) is 26.4. The van der Waals surface area contributed by atoms with E-state index in [1.54, 1.807) is 36.7 Å². The van der Waals surface area contributed by atoms with Crippen LogP contribution in [0, 0.1) is 0 Å². The number of aromatic nitrogens is 6. The van der Waals surface area contributed by atoms with Crippen LogP contribution in [0.25, 0.3) is 39.3 Å². The van der Waals surface area contributed by atoms with Gasteiger partial charge >= 0.3 is 0 Å². The fourth-order valence-corrected chi connectivity index (χ4v) is 6.00. The molecule has 0 atom stereocenters. The van der Waals surface area contributed by atoms with Crippen molar-refractivity contribution in [2.75, 3.05) is 33.3 Å². The molecule has 4 heterocycles. The van der Waals surface area contributed by atoms with Gasteiger partial charge in [0.15, 0.2) is 11.5 Å². The molecule has 0 saturated heterocycles. The average Bonchev–Trinajstić information content (AvgIpc) is 3.67. The number of hydrogen-bond donors (Lipinski definition) is 1. The third-order valence-electron chi connectivity index (χ3n) is 7.67. The van der Waals surface area contributed by atoms with Gasteiger partial charge in [-0.15, -0.1) is 5.10 Å². The Kier molecular flexibility index (Phi) is 9.23. The lowest BCUT2D eigenvalue weighted by Gasteiger charge is -2.16. The van der Waals surface area contributed by atoms with Crippen LogP contribution in [0.3, 0.4) is 0 Å². The van der Waals surface area contributed by atoms with Crippen molar-refractivity contribution >= 4 is 25.4 Å². The van der Waals surface area contributed by atoms with Crippen molar-refractivity contribution in [1.82, 2.24) is 29.4 Å². The van der Waals surface area contributed by atoms with Crippen molar-refractivity contribution in [3.63, 3.8) is 0 Å². The van der Waals surface area contributed by atoms with Crippen LogP contribution in [0.15, 0.2) is 85.1 Å². The highest BCUT2D eigenvalue weighted by Gasteiger charge is 2.26. The maximum atomic E-state index is 6.13. The highest BCUT2D eigenvalue weighted by atomic mass is 28.3. The van der Waals surface area contributed by atoms with E-state index in [-0.39, 0.29) is 6.73 Å². The Labute approximate surface area is 275 Å². The summed E-state index contributed by atoms with van der Waals surface area (Å²) in [6.45, 7) is 7.92. The summed E-state index contributed by atoms with van der Waals surface area (Å²) in [5.74, 6) is 2.84. The second-order valence-corrected chi connectivity index (χ2v) is 17.8. The molecule has 2 aromatic carbocycles. The molecule has 6 aromatic rings. The molecule has 6 rings (SSSR count). The van der Waals surface area contributed by atoms with E-state index < -0.39 is 8.07 Å². The lowest BCUT2D eigenvalue weighted by Crippen LogP contribution is -2.22. The van der Waals surface area contributed by atoms with E-state index in [9.17, 15) is 0 Å². The molecule has 0 unspecified atom stereocenters. The number of nitrogens with zero attached hydrogens (tertiary/aromatic N) is 6. The summed E-state index contributed by atoms with van der Waals surface area (Å²) in [4.78, 5) is 9.85. The molecule has 47 heavy (non-hydrogen) atoms. The molecule has 0 fully saturated rings. The number of fused-ring (bicyclic) bond motifs is 1. The van der Waals surface area contributed by atoms with Crippen LogP contribution in [0.2, 0.25) is 25.7 Å². The van der Waals surface area contributed by atoms with Gasteiger partial charge in [-0.3, -0.25) is 4.98 Å². The van der Waals surface area contributed by atoms with Crippen molar-refractivity contribution < 1.29 is 18.9 Å². The quantitative estimate of drug-likeness (QED) is 0.101. The van der Waals surface area contributed by atoms with Crippen LogP contribution in [0.5, 0.6) is 17.5 Å². The summed E-state index contributed by atoms with van der Waals surface area (Å²) >= 11 is 0. The smallest absolute Gasteiger partial charge is 0.228 e. The fraction of sp³-hybridized carbons (Fsp3) is 0.257. The summed E-state index contributed by atoms with van der Waals surface area (Å²) in [5.41, 5.74) is 5.30. The number of ether oxygens (including phenoxy) is 4. The molecule has 0 spiro atoms. The Morgan fingerprint density at radius 3 is 2.19 bits per heavy atom. The molecule has 0 aliphatic heterocycles. The number of benzene rings is 2. The molecule has 11 nitrogen and oxygen atoms in total. The zero-order valence-electron chi connectivity index (χ0n) is 27.5. The van der Waals surface area contributed by atoms with Gasteiger partial charge in [0.25, 0.3) is 0 Å². The van der Waals surface area contributed by atoms with E-state index in [0.29, 0.717) is 46.9 Å². The molecule has 0 aliphatic carbocycles. The first-order valence-corrected chi connectivity index (χ1v) is 19.1. The monoisotopic (exact) mass is 649 g/mol. The minimum atomic E-state index is -1.23. The van der Waals surface area contributed by atoms with Crippen molar-refractivity contribution in [2.45, 2.75) is 32.4 Å². The number of anilines is 2. The lowest BCUT2D eigenvalue weighted by molar-refractivity contribution is 0.0725. The van der Waals surface area contributed by atoms with Gasteiger partial charge in [-0.05, 0) is 41.4 Å². The van der Waals surface area contributed by atoms with Gasteiger partial charge in [0.1, 0.15) is 24.0 Å². The Morgan fingerprint density at radius 2 is 1.53 bits per heavy atom. The largest absolute Gasteiger partial charge is 0.497 e. The van der Waals surface area contributed by atoms with Gasteiger partial charge in [-0.25, -0.2) is 9.67 Å². The predicted octanol–water partition coefficient (Wildman–Crippen LogP) is 7.40. The molecule has 0 bridgehead atoms. The normalized spacial score (nSPS) is 11.5. The molecule has 0 amide bonds. The number of nitrogens with one attached hydrogen (secondary N) is 1. The Morgan fingerprint density at radius 1 is 0.787 bits per heavy atom. The van der Waals surface area contributed by atoms with Crippen LogP contribution in [0.1, 0.15) is 0 Å². The second kappa shape index (κ2) is 13.7. The molecule has 0 saturated carbocycles. The predicted molar refractivity (Wildman–Crippen MR) is 186 cm³/mol. The van der Waals surface area contributed by atoms with Crippen molar-refractivity contribution in [3.8, 4) is 51.2 Å². The zero-order valence-corrected chi connectivity index (χ0v) is 28.5. The van der Waals surface area contributed by atoms with Crippen molar-refractivity contribution in [2.24, 2.45) is 0 Å². The van der Waals surface area contributed by atoms with E-state index in [1.165, 1.54) is 0 Å². The van der Waals surface area contributed by atoms with E-state index in [2.05, 4.69) is 29.9 Å². The van der Waals surface area contributed by atoms with E-state index >= 15 is 0 Å². The van der Waals surface area contributed by atoms with E-state index in [0.717, 1.165) is 34.2 Å². The molecule has 4 aromatic heterocycles. The standard InChI is InChI=1S/C35H39N7O4Si/c1-43-26-17-15-25(16-18-26)31-33(37-28-22-29(44-2)41(39-28)23-46-20-21-47(4,5)6)38-34-30(24-12-8-7-9-13-24)32(27-14-10-11-19-36-27)40-42(34)35(31)45-3/h7-19,22H,20-21,23H2,1-6H3,(H,37,38,39). The van der Waals surface area contributed by atoms with E-state index in [1.807, 2.05) is 78.9 Å². The van der Waals surface area contributed by atoms with Crippen LogP contribution in [0.4, 0.5) is 11.6 Å². The van der Waals surface area contributed by atoms with Crippen LogP contribution < -0.4 is 19.5 Å². The summed E-state index contributed by atoms with van der Waals surface area (Å²) in [6.07, 6.45) is 1.76. The maximum absolute atomic E-state index is 6.13. The third kappa shape index (κ3) is 6.83. The first kappa shape index (κ1) is 31.8. The van der Waals surface area contributed by atoms with Gasteiger partial charge in [0, 0.05) is 26.9 Å². The molecule has 1 N–H and O–H groups in total. The lowest BCUT2D eigenvalue weighted by atomic mass is 10.0. The van der Waals surface area contributed by atoms with Crippen LogP contribution in [-0.4, -0.2) is 65.4 Å². The Bertz CT molecular complexity index is 1950. The second-order valence-electron chi connectivity index (χ2n) is 12.2. The summed E-state index contributed by atoms with van der Waals surface area (Å²) in [7, 11) is 3.66. The number of rotatable bonds is 13. The summed E-state index contributed by atoms with van der Waals surface area (Å²) < 4.78 is 26.6. The first-order valence-electron chi connectivity index (χ1n) is 15.4. The topological polar surface area (TPSA) is 110 Å². The molecular weight excluding hydrogens is 611 g/mol. The van der Waals surface area contributed by atoms with Gasteiger partial charge < -0.3 is 24.3 Å². The van der Waals surface area contributed by atoms with Crippen molar-refractivity contribution in [1.29, 1.82) is 0 Å². The SMILES string of the molecule is COc1ccc(-c2c(Nc3cc(OC)n(COCC[Si](C)(C)C)n3)nc3c(-c4ccccc4)c(-c4ccccn4)nn3c2OC)cc1. The highest BCUT2D eigenvalue weighted by molar-refractivity contribution is 6.76. The van der Waals surface area contributed by atoms with Crippen molar-refractivity contribution in [3.05, 3.63) is 85.1 Å². The maximum Gasteiger partial charge on any atom is 0.228 e. The number of hydrogen-bond acceptors (Lipinski definition) is 9. The Hall–Kier alpha value is -5.20. The molecule has 12 heteroatoms. The highest BCUT2D eigenvalue weighted by Crippen LogP contribution is 2.42. The zero-order chi connectivity index (χ0) is 33.0. The first-order chi connectivity index (χ1) is 22.8. The number of pyridine rings is 1. The van der Waals surface area contributed by atoms with Crippen LogP contribution >= 0.6 is 0 Å². The minimum Gasteiger partial charge on any atom is -0.497 e. The molecular formula is C35H39N7O4Si. The van der Waals surface area contributed by atoms with Gasteiger partial charge in [0.2, 0.25) is 11.8 Å². The van der Waals surface area contributed by atoms with Gasteiger partial charge in [-0.1, -0.05) is 68.2 Å². The van der Waals surface area contributed by atoms with Gasteiger partial charge in [0.05, 0.1) is 38.2 Å². The van der Waals surface area contributed by atoms with E-state index in [4.69, 9.17) is 34.1 Å². The molecule has 242 valence electrons. The number of methoxy groups -OCH3 is 3. The molecule has 0 radical (unpaired) electrons. The minimum absolute atomic E-state index is 0.269.